The van der Waals surface area contributed by atoms with Crippen molar-refractivity contribution in [1.29, 1.82) is 0 Å². The molecule has 1 heterocycles. The molecule has 1 amide bonds. The van der Waals surface area contributed by atoms with Gasteiger partial charge < -0.3 is 11.1 Å². The largest absolute Gasteiger partial charge is 0.366 e. The lowest BCUT2D eigenvalue weighted by Gasteiger charge is -2.40. The molecule has 3 N–H and O–H groups in total. The van der Waals surface area contributed by atoms with E-state index >= 15 is 0 Å². The van der Waals surface area contributed by atoms with Gasteiger partial charge in [0.25, 0.3) is 0 Å². The molecule has 2 aliphatic rings. The zero-order valence-corrected chi connectivity index (χ0v) is 10.8. The van der Waals surface area contributed by atoms with Crippen LogP contribution in [0, 0.1) is 5.41 Å². The number of fused-ring (bicyclic) bond motifs is 3. The van der Waals surface area contributed by atoms with Gasteiger partial charge in [0.15, 0.2) is 0 Å². The number of hydrogen-bond donors (Lipinski definition) is 2. The summed E-state index contributed by atoms with van der Waals surface area (Å²) in [6.45, 7) is 3.35. The van der Waals surface area contributed by atoms with Crippen molar-refractivity contribution in [2.75, 3.05) is 6.54 Å². The van der Waals surface area contributed by atoms with Crippen LogP contribution in [0.3, 0.4) is 0 Å². The summed E-state index contributed by atoms with van der Waals surface area (Å²) in [4.78, 5) is 11.3. The summed E-state index contributed by atoms with van der Waals surface area (Å²) in [6.07, 6.45) is 4.85. The summed E-state index contributed by atoms with van der Waals surface area (Å²) in [6, 6.07) is 6.36. The number of amides is 1. The Kier molecular flexibility index (Phi) is 2.67. The number of nitrogens with two attached hydrogens (primary N) is 1. The second-order valence-electron chi connectivity index (χ2n) is 5.66. The van der Waals surface area contributed by atoms with Gasteiger partial charge in [0.2, 0.25) is 5.91 Å². The first-order chi connectivity index (χ1) is 8.66. The highest BCUT2D eigenvalue weighted by atomic mass is 16.1. The van der Waals surface area contributed by atoms with Crippen LogP contribution in [0.25, 0.3) is 0 Å². The Labute approximate surface area is 108 Å². The molecule has 0 aromatic heterocycles. The third-order valence-corrected chi connectivity index (χ3v) is 4.80. The fourth-order valence-corrected chi connectivity index (χ4v) is 3.74. The molecule has 2 atom stereocenters. The van der Waals surface area contributed by atoms with Crippen LogP contribution < -0.4 is 11.1 Å². The highest BCUT2D eigenvalue weighted by Gasteiger charge is 2.45. The molecule has 96 valence electrons. The zero-order valence-electron chi connectivity index (χ0n) is 10.8. The van der Waals surface area contributed by atoms with Gasteiger partial charge in [-0.1, -0.05) is 13.0 Å². The predicted octanol–water partition coefficient (Wildman–Crippen LogP) is 2.16. The maximum Gasteiger partial charge on any atom is 0.248 e. The molecule has 3 heteroatoms. The number of nitrogens with one attached hydrogen (secondary N) is 1. The van der Waals surface area contributed by atoms with Gasteiger partial charge in [-0.15, -0.1) is 0 Å². The number of carbonyl (C=O) groups is 1. The smallest absolute Gasteiger partial charge is 0.248 e. The monoisotopic (exact) mass is 244 g/mol. The van der Waals surface area contributed by atoms with E-state index in [0.717, 1.165) is 13.0 Å². The highest BCUT2D eigenvalue weighted by Crippen LogP contribution is 2.52. The van der Waals surface area contributed by atoms with Gasteiger partial charge in [0.05, 0.1) is 0 Å². The van der Waals surface area contributed by atoms with Gasteiger partial charge in [0.1, 0.15) is 0 Å². The summed E-state index contributed by atoms with van der Waals surface area (Å²) in [5.74, 6) is -0.331. The van der Waals surface area contributed by atoms with E-state index in [2.05, 4.69) is 18.3 Å². The molecular weight excluding hydrogens is 224 g/mol. The molecule has 1 aliphatic heterocycles. The summed E-state index contributed by atoms with van der Waals surface area (Å²) in [5, 5.41) is 3.64. The van der Waals surface area contributed by atoms with Crippen molar-refractivity contribution in [3.8, 4) is 0 Å². The van der Waals surface area contributed by atoms with E-state index in [1.165, 1.54) is 30.4 Å². The van der Waals surface area contributed by atoms with Crippen LogP contribution in [-0.2, 0) is 6.42 Å². The minimum atomic E-state index is -0.331. The molecule has 3 nitrogen and oxygen atoms in total. The number of piperidine rings is 1. The van der Waals surface area contributed by atoms with Crippen LogP contribution >= 0.6 is 0 Å². The molecule has 1 aliphatic carbocycles. The molecule has 1 saturated heterocycles. The van der Waals surface area contributed by atoms with Crippen molar-refractivity contribution in [2.24, 2.45) is 11.1 Å². The van der Waals surface area contributed by atoms with Gasteiger partial charge in [-0.3, -0.25) is 4.79 Å². The lowest BCUT2D eigenvalue weighted by molar-refractivity contribution is 0.1000. The molecule has 1 fully saturated rings. The first-order valence-electron chi connectivity index (χ1n) is 6.82. The molecular formula is C15H20N2O. The summed E-state index contributed by atoms with van der Waals surface area (Å²) in [5.41, 5.74) is 9.06. The molecule has 0 spiro atoms. The van der Waals surface area contributed by atoms with E-state index in [0.29, 0.717) is 17.0 Å². The van der Waals surface area contributed by atoms with Crippen LogP contribution in [-0.4, -0.2) is 12.5 Å². The Morgan fingerprint density at radius 1 is 1.56 bits per heavy atom. The number of benzene rings is 1. The Balaban J connectivity index is 2.05. The molecule has 1 aromatic carbocycles. The molecule has 1 aromatic rings. The van der Waals surface area contributed by atoms with E-state index < -0.39 is 0 Å². The average Bonchev–Trinajstić information content (AvgIpc) is 2.72. The van der Waals surface area contributed by atoms with Crippen LogP contribution in [0.15, 0.2) is 18.2 Å². The standard InChI is InChI=1S/C15H20N2O/c1-2-15-6-3-7-17-13(15)12-8-10(14(16)18)4-5-11(12)9-15/h4-5,8,13,17H,2-3,6-7,9H2,1H3,(H2,16,18)/t13-,15+/m0/s1. The molecule has 0 radical (unpaired) electrons. The fourth-order valence-electron chi connectivity index (χ4n) is 3.74. The van der Waals surface area contributed by atoms with Crippen LogP contribution in [0.1, 0.15) is 53.7 Å². The quantitative estimate of drug-likeness (QED) is 0.837. The predicted molar refractivity (Wildman–Crippen MR) is 71.4 cm³/mol. The molecule has 0 bridgehead atoms. The van der Waals surface area contributed by atoms with Crippen LogP contribution in [0.2, 0.25) is 0 Å². The zero-order chi connectivity index (χ0) is 12.8. The SMILES string of the molecule is CC[C@]12CCCN[C@H]1c1cc(C(N)=O)ccc1C2. The van der Waals surface area contributed by atoms with Crippen LogP contribution in [0.5, 0.6) is 0 Å². The number of primary amides is 1. The molecule has 3 rings (SSSR count). The second kappa shape index (κ2) is 4.09. The maximum atomic E-state index is 11.3. The van der Waals surface area contributed by atoms with E-state index in [9.17, 15) is 4.79 Å². The molecule has 18 heavy (non-hydrogen) atoms. The first kappa shape index (κ1) is 11.7. The average molecular weight is 244 g/mol. The lowest BCUT2D eigenvalue weighted by Crippen LogP contribution is -2.40. The van der Waals surface area contributed by atoms with Crippen molar-refractivity contribution in [3.63, 3.8) is 0 Å². The van der Waals surface area contributed by atoms with Crippen molar-refractivity contribution >= 4 is 5.91 Å². The number of hydrogen-bond acceptors (Lipinski definition) is 2. The highest BCUT2D eigenvalue weighted by molar-refractivity contribution is 5.93. The molecule has 0 saturated carbocycles. The summed E-state index contributed by atoms with van der Waals surface area (Å²) in [7, 11) is 0. The Morgan fingerprint density at radius 3 is 3.11 bits per heavy atom. The Morgan fingerprint density at radius 2 is 2.39 bits per heavy atom. The number of rotatable bonds is 2. The van der Waals surface area contributed by atoms with E-state index in [1.807, 2.05) is 12.1 Å². The lowest BCUT2D eigenvalue weighted by atomic mass is 9.72. The van der Waals surface area contributed by atoms with Gasteiger partial charge in [-0.05, 0) is 60.9 Å². The van der Waals surface area contributed by atoms with Gasteiger partial charge in [-0.25, -0.2) is 0 Å². The summed E-state index contributed by atoms with van der Waals surface area (Å²) >= 11 is 0. The van der Waals surface area contributed by atoms with Crippen molar-refractivity contribution in [1.82, 2.24) is 5.32 Å². The van der Waals surface area contributed by atoms with Gasteiger partial charge in [0, 0.05) is 11.6 Å². The first-order valence-corrected chi connectivity index (χ1v) is 6.82. The van der Waals surface area contributed by atoms with Gasteiger partial charge >= 0.3 is 0 Å². The van der Waals surface area contributed by atoms with Crippen molar-refractivity contribution in [2.45, 2.75) is 38.6 Å². The van der Waals surface area contributed by atoms with Crippen molar-refractivity contribution < 1.29 is 4.79 Å². The van der Waals surface area contributed by atoms with E-state index in [4.69, 9.17) is 5.73 Å². The van der Waals surface area contributed by atoms with Crippen LogP contribution in [0.4, 0.5) is 0 Å². The van der Waals surface area contributed by atoms with Gasteiger partial charge in [-0.2, -0.15) is 0 Å². The topological polar surface area (TPSA) is 55.1 Å². The summed E-state index contributed by atoms with van der Waals surface area (Å²) < 4.78 is 0. The fraction of sp³-hybridized carbons (Fsp3) is 0.533. The maximum absolute atomic E-state index is 11.3. The van der Waals surface area contributed by atoms with Crippen molar-refractivity contribution in [3.05, 3.63) is 34.9 Å². The third kappa shape index (κ3) is 1.57. The van der Waals surface area contributed by atoms with E-state index in [-0.39, 0.29) is 5.91 Å². The normalized spacial score (nSPS) is 29.7. The third-order valence-electron chi connectivity index (χ3n) is 4.80. The molecule has 0 unspecified atom stereocenters. The second-order valence-corrected chi connectivity index (χ2v) is 5.66. The minimum Gasteiger partial charge on any atom is -0.366 e. The minimum absolute atomic E-state index is 0.331. The van der Waals surface area contributed by atoms with E-state index in [1.54, 1.807) is 0 Å². The number of carbonyl (C=O) groups excluding carboxylic acids is 1. The Bertz CT molecular complexity index is 497. The Hall–Kier alpha value is -1.35.